The second-order valence-electron chi connectivity index (χ2n) is 4.22. The molecule has 1 rings (SSSR count). The van der Waals surface area contributed by atoms with Crippen LogP contribution in [0.3, 0.4) is 0 Å². The number of carbonyl (C=O) groups excluding carboxylic acids is 1. The molecule has 0 aliphatic heterocycles. The van der Waals surface area contributed by atoms with Gasteiger partial charge in [0.1, 0.15) is 0 Å². The summed E-state index contributed by atoms with van der Waals surface area (Å²) in [6, 6.07) is 0. The van der Waals surface area contributed by atoms with Crippen molar-refractivity contribution in [2.75, 3.05) is 26.7 Å². The third-order valence-electron chi connectivity index (χ3n) is 2.67. The zero-order valence-corrected chi connectivity index (χ0v) is 9.61. The van der Waals surface area contributed by atoms with Gasteiger partial charge in [0, 0.05) is 13.1 Å². The van der Waals surface area contributed by atoms with E-state index in [0.29, 0.717) is 32.0 Å². The largest absolute Gasteiger partial charge is 0.466 e. The number of ether oxygens (including phenoxy) is 1. The molecular weight excluding hydrogens is 194 g/mol. The van der Waals surface area contributed by atoms with Crippen molar-refractivity contribution in [2.45, 2.75) is 32.3 Å². The summed E-state index contributed by atoms with van der Waals surface area (Å²) >= 11 is 0. The van der Waals surface area contributed by atoms with E-state index in [0.717, 1.165) is 12.8 Å². The van der Waals surface area contributed by atoms with Gasteiger partial charge in [-0.05, 0) is 32.7 Å². The lowest BCUT2D eigenvalue weighted by molar-refractivity contribution is -0.143. The second kappa shape index (κ2) is 6.08. The van der Waals surface area contributed by atoms with Gasteiger partial charge in [-0.25, -0.2) is 0 Å². The fourth-order valence-electron chi connectivity index (χ4n) is 1.56. The van der Waals surface area contributed by atoms with Crippen LogP contribution in [0.2, 0.25) is 0 Å². The minimum absolute atomic E-state index is 0.162. The highest BCUT2D eigenvalue weighted by Crippen LogP contribution is 2.32. The van der Waals surface area contributed by atoms with Crippen LogP contribution < -0.4 is 0 Å². The number of aliphatic hydroxyl groups excluding tert-OH is 1. The van der Waals surface area contributed by atoms with E-state index in [1.54, 1.807) is 6.92 Å². The molecule has 1 aliphatic rings. The third kappa shape index (κ3) is 5.14. The lowest BCUT2D eigenvalue weighted by Gasteiger charge is -2.19. The van der Waals surface area contributed by atoms with Gasteiger partial charge in [0.2, 0.25) is 0 Å². The lowest BCUT2D eigenvalue weighted by Crippen LogP contribution is -2.32. The molecule has 1 aliphatic carbocycles. The summed E-state index contributed by atoms with van der Waals surface area (Å²) in [6.07, 6.45) is 2.47. The van der Waals surface area contributed by atoms with Crippen molar-refractivity contribution in [3.05, 3.63) is 0 Å². The van der Waals surface area contributed by atoms with Crippen molar-refractivity contribution in [1.29, 1.82) is 0 Å². The van der Waals surface area contributed by atoms with Gasteiger partial charge in [0.15, 0.2) is 0 Å². The highest BCUT2D eigenvalue weighted by atomic mass is 16.5. The summed E-state index contributed by atoms with van der Waals surface area (Å²) < 4.78 is 4.83. The van der Waals surface area contributed by atoms with E-state index < -0.39 is 0 Å². The maximum absolute atomic E-state index is 11.1. The number of rotatable bonds is 7. The topological polar surface area (TPSA) is 49.8 Å². The summed E-state index contributed by atoms with van der Waals surface area (Å²) in [4.78, 5) is 13.1. The molecule has 4 nitrogen and oxygen atoms in total. The van der Waals surface area contributed by atoms with Gasteiger partial charge in [-0.15, -0.1) is 0 Å². The zero-order valence-electron chi connectivity index (χ0n) is 9.61. The van der Waals surface area contributed by atoms with E-state index in [9.17, 15) is 9.90 Å². The first-order valence-electron chi connectivity index (χ1n) is 5.65. The number of hydrogen-bond acceptors (Lipinski definition) is 4. The standard InChI is InChI=1S/C11H21NO3/c1-3-15-11(14)6-7-12(2)8-10(13)9-4-5-9/h9-10,13H,3-8H2,1-2H3. The Morgan fingerprint density at radius 3 is 2.80 bits per heavy atom. The maximum atomic E-state index is 11.1. The summed E-state index contributed by atoms with van der Waals surface area (Å²) in [7, 11) is 1.92. The Morgan fingerprint density at radius 1 is 1.60 bits per heavy atom. The van der Waals surface area contributed by atoms with Crippen molar-refractivity contribution in [2.24, 2.45) is 5.92 Å². The number of carbonyl (C=O) groups is 1. The molecule has 1 unspecified atom stereocenters. The fraction of sp³-hybridized carbons (Fsp3) is 0.909. The molecule has 1 saturated carbocycles. The lowest BCUT2D eigenvalue weighted by atomic mass is 10.2. The minimum atomic E-state index is -0.225. The van der Waals surface area contributed by atoms with Crippen LogP contribution in [0.4, 0.5) is 0 Å². The number of esters is 1. The van der Waals surface area contributed by atoms with Gasteiger partial charge in [-0.3, -0.25) is 4.79 Å². The number of likely N-dealkylation sites (N-methyl/N-ethyl adjacent to an activating group) is 1. The first-order chi connectivity index (χ1) is 7.13. The molecule has 0 radical (unpaired) electrons. The van der Waals surface area contributed by atoms with Gasteiger partial charge in [0.25, 0.3) is 0 Å². The monoisotopic (exact) mass is 215 g/mol. The van der Waals surface area contributed by atoms with Crippen molar-refractivity contribution < 1.29 is 14.6 Å². The van der Waals surface area contributed by atoms with Crippen LogP contribution in [-0.4, -0.2) is 48.8 Å². The van der Waals surface area contributed by atoms with E-state index in [1.165, 1.54) is 0 Å². The van der Waals surface area contributed by atoms with Crippen molar-refractivity contribution in [1.82, 2.24) is 4.90 Å². The van der Waals surface area contributed by atoms with Gasteiger partial charge in [0.05, 0.1) is 19.1 Å². The molecule has 0 aromatic heterocycles. The van der Waals surface area contributed by atoms with Crippen LogP contribution in [-0.2, 0) is 9.53 Å². The van der Waals surface area contributed by atoms with Gasteiger partial charge < -0.3 is 14.7 Å². The molecule has 0 aromatic carbocycles. The van der Waals surface area contributed by atoms with Crippen molar-refractivity contribution in [3.8, 4) is 0 Å². The molecule has 0 saturated heterocycles. The zero-order chi connectivity index (χ0) is 11.3. The van der Waals surface area contributed by atoms with Crippen LogP contribution in [0.1, 0.15) is 26.2 Å². The van der Waals surface area contributed by atoms with E-state index in [1.807, 2.05) is 11.9 Å². The Labute approximate surface area is 91.2 Å². The normalized spacial score (nSPS) is 17.9. The highest BCUT2D eigenvalue weighted by Gasteiger charge is 2.30. The molecule has 0 spiro atoms. The molecule has 1 N–H and O–H groups in total. The first kappa shape index (κ1) is 12.5. The first-order valence-corrected chi connectivity index (χ1v) is 5.65. The Balaban J connectivity index is 2.06. The number of aliphatic hydroxyl groups is 1. The maximum Gasteiger partial charge on any atom is 0.307 e. The SMILES string of the molecule is CCOC(=O)CCN(C)CC(O)C1CC1. The van der Waals surface area contributed by atoms with Crippen molar-refractivity contribution in [3.63, 3.8) is 0 Å². The Kier molecular flexibility index (Phi) is 5.05. The molecule has 88 valence electrons. The summed E-state index contributed by atoms with van der Waals surface area (Å²) in [5.41, 5.74) is 0. The van der Waals surface area contributed by atoms with Crippen LogP contribution in [0.25, 0.3) is 0 Å². The molecule has 1 atom stereocenters. The molecule has 0 bridgehead atoms. The minimum Gasteiger partial charge on any atom is -0.466 e. The smallest absolute Gasteiger partial charge is 0.307 e. The van der Waals surface area contributed by atoms with E-state index >= 15 is 0 Å². The number of nitrogens with zero attached hydrogens (tertiary/aromatic N) is 1. The Morgan fingerprint density at radius 2 is 2.27 bits per heavy atom. The Bertz CT molecular complexity index is 204. The fourth-order valence-corrected chi connectivity index (χ4v) is 1.56. The van der Waals surface area contributed by atoms with Crippen LogP contribution in [0.15, 0.2) is 0 Å². The molecule has 0 heterocycles. The molecular formula is C11H21NO3. The highest BCUT2D eigenvalue weighted by molar-refractivity contribution is 5.69. The second-order valence-corrected chi connectivity index (χ2v) is 4.22. The van der Waals surface area contributed by atoms with Gasteiger partial charge in [-0.2, -0.15) is 0 Å². The average molecular weight is 215 g/mol. The predicted octanol–water partition coefficient (Wildman–Crippen LogP) is 0.642. The van der Waals surface area contributed by atoms with Gasteiger partial charge >= 0.3 is 5.97 Å². The predicted molar refractivity (Wildman–Crippen MR) is 57.5 cm³/mol. The summed E-state index contributed by atoms with van der Waals surface area (Å²) in [5.74, 6) is 0.334. The summed E-state index contributed by atoms with van der Waals surface area (Å²) in [6.45, 7) is 3.55. The molecule has 15 heavy (non-hydrogen) atoms. The quantitative estimate of drug-likeness (QED) is 0.633. The van der Waals surface area contributed by atoms with Crippen molar-refractivity contribution >= 4 is 5.97 Å². The van der Waals surface area contributed by atoms with Crippen LogP contribution in [0.5, 0.6) is 0 Å². The molecule has 4 heteroatoms. The van der Waals surface area contributed by atoms with E-state index in [-0.39, 0.29) is 12.1 Å². The van der Waals surface area contributed by atoms with Gasteiger partial charge in [-0.1, -0.05) is 0 Å². The van der Waals surface area contributed by atoms with E-state index in [4.69, 9.17) is 4.74 Å². The third-order valence-corrected chi connectivity index (χ3v) is 2.67. The van der Waals surface area contributed by atoms with Crippen LogP contribution >= 0.6 is 0 Å². The molecule has 1 fully saturated rings. The molecule has 0 amide bonds. The van der Waals surface area contributed by atoms with Crippen LogP contribution in [0, 0.1) is 5.92 Å². The Hall–Kier alpha value is -0.610. The van der Waals surface area contributed by atoms with E-state index in [2.05, 4.69) is 0 Å². The molecule has 0 aromatic rings. The summed E-state index contributed by atoms with van der Waals surface area (Å²) in [5, 5.41) is 9.67. The number of hydrogen-bond donors (Lipinski definition) is 1. The average Bonchev–Trinajstić information content (AvgIpc) is 2.98.